The molecule has 5 nitrogen and oxygen atoms in total. The second-order valence-corrected chi connectivity index (χ2v) is 6.99. The number of nitrogens with zero attached hydrogens (tertiary/aromatic N) is 2. The number of thioether (sulfide) groups is 1. The largest absolute Gasteiger partial charge is 0.496 e. The number of rotatable bonds is 6. The Bertz CT molecular complexity index is 1060. The normalized spacial score (nSPS) is 11.5. The van der Waals surface area contributed by atoms with E-state index in [1.807, 2.05) is 0 Å². The molecule has 0 aliphatic carbocycles. The van der Waals surface area contributed by atoms with Crippen molar-refractivity contribution in [3.8, 4) is 17.1 Å². The molecule has 0 aliphatic rings. The number of Topliss-reactive ketones (excluding diaryl/α,β-unsaturated/α-hetero) is 1. The monoisotopic (exact) mass is 446 g/mol. The lowest BCUT2D eigenvalue weighted by atomic mass is 10.1. The molecule has 0 N–H and O–H groups in total. The maximum Gasteiger partial charge on any atom is 0.471 e. The molecule has 0 radical (unpaired) electrons. The molecule has 0 spiro atoms. The van der Waals surface area contributed by atoms with Crippen LogP contribution >= 0.6 is 23.4 Å². The van der Waals surface area contributed by atoms with Gasteiger partial charge in [-0.2, -0.15) is 18.2 Å². The van der Waals surface area contributed by atoms with Crippen molar-refractivity contribution in [1.82, 2.24) is 10.1 Å². The minimum absolute atomic E-state index is 0.0567. The fraction of sp³-hybridized carbons (Fsp3) is 0.167. The lowest BCUT2D eigenvalue weighted by Gasteiger charge is -2.09. The number of aromatic nitrogens is 2. The molecule has 0 saturated heterocycles. The number of carbonyl (C=O) groups is 1. The Balaban J connectivity index is 1.77. The van der Waals surface area contributed by atoms with Crippen molar-refractivity contribution in [2.24, 2.45) is 0 Å². The van der Waals surface area contributed by atoms with Crippen LogP contribution in [0.4, 0.5) is 17.6 Å². The average Bonchev–Trinajstić information content (AvgIpc) is 3.17. The van der Waals surface area contributed by atoms with Crippen molar-refractivity contribution in [1.29, 1.82) is 0 Å². The number of benzene rings is 2. The Kier molecular flexibility index (Phi) is 6.13. The Hall–Kier alpha value is -2.59. The summed E-state index contributed by atoms with van der Waals surface area (Å²) in [5, 5.41) is 3.57. The lowest BCUT2D eigenvalue weighted by molar-refractivity contribution is -0.159. The number of hydrogen-bond donors (Lipinski definition) is 0. The van der Waals surface area contributed by atoms with Crippen LogP contribution in [0.15, 0.2) is 45.8 Å². The zero-order valence-electron chi connectivity index (χ0n) is 14.6. The number of ether oxygens (including phenoxy) is 1. The summed E-state index contributed by atoms with van der Waals surface area (Å²) >= 11 is 7.18. The number of alkyl halides is 3. The van der Waals surface area contributed by atoms with Gasteiger partial charge in [-0.25, -0.2) is 4.39 Å². The van der Waals surface area contributed by atoms with Crippen molar-refractivity contribution in [3.63, 3.8) is 0 Å². The third kappa shape index (κ3) is 4.70. The first-order valence-corrected chi connectivity index (χ1v) is 9.26. The highest BCUT2D eigenvalue weighted by Crippen LogP contribution is 2.36. The van der Waals surface area contributed by atoms with E-state index in [0.29, 0.717) is 15.7 Å². The van der Waals surface area contributed by atoms with Gasteiger partial charge in [0.1, 0.15) is 11.6 Å². The predicted octanol–water partition coefficient (Wildman–Crippen LogP) is 5.53. The van der Waals surface area contributed by atoms with E-state index in [0.717, 1.165) is 23.9 Å². The second-order valence-electron chi connectivity index (χ2n) is 5.60. The summed E-state index contributed by atoms with van der Waals surface area (Å²) in [6, 6.07) is 8.26. The Morgan fingerprint density at radius 2 is 2.03 bits per heavy atom. The molecule has 0 bridgehead atoms. The lowest BCUT2D eigenvalue weighted by Crippen LogP contribution is -2.06. The van der Waals surface area contributed by atoms with E-state index >= 15 is 0 Å². The summed E-state index contributed by atoms with van der Waals surface area (Å²) in [7, 11) is 1.46. The van der Waals surface area contributed by atoms with Gasteiger partial charge in [0, 0.05) is 5.56 Å². The smallest absolute Gasteiger partial charge is 0.471 e. The minimum Gasteiger partial charge on any atom is -0.496 e. The van der Waals surface area contributed by atoms with Crippen LogP contribution in [0.2, 0.25) is 5.02 Å². The standard InChI is InChI=1S/C18H11ClF4N2O3S/c1-27-14-4-2-3-11(19)15(14)29-8-13(26)10-6-5-9(7-12(10)20)16-24-17(28-25-16)18(21,22)23/h2-7H,8H2,1H3. The van der Waals surface area contributed by atoms with Gasteiger partial charge in [0.25, 0.3) is 0 Å². The molecule has 29 heavy (non-hydrogen) atoms. The summed E-state index contributed by atoms with van der Waals surface area (Å²) in [5.74, 6) is -3.09. The zero-order valence-corrected chi connectivity index (χ0v) is 16.2. The van der Waals surface area contributed by atoms with Gasteiger partial charge in [0.05, 0.1) is 28.3 Å². The van der Waals surface area contributed by atoms with E-state index in [1.165, 1.54) is 13.2 Å². The Morgan fingerprint density at radius 1 is 1.28 bits per heavy atom. The van der Waals surface area contributed by atoms with Gasteiger partial charge in [-0.3, -0.25) is 4.79 Å². The third-order valence-electron chi connectivity index (χ3n) is 3.69. The first-order valence-electron chi connectivity index (χ1n) is 7.90. The zero-order chi connectivity index (χ0) is 21.2. The molecule has 1 heterocycles. The summed E-state index contributed by atoms with van der Waals surface area (Å²) in [6.45, 7) is 0. The van der Waals surface area contributed by atoms with E-state index < -0.39 is 29.5 Å². The van der Waals surface area contributed by atoms with E-state index in [4.69, 9.17) is 16.3 Å². The second kappa shape index (κ2) is 8.42. The summed E-state index contributed by atoms with van der Waals surface area (Å²) in [4.78, 5) is 16.1. The van der Waals surface area contributed by atoms with Crippen molar-refractivity contribution in [2.45, 2.75) is 11.1 Å². The molecule has 3 aromatic rings. The summed E-state index contributed by atoms with van der Waals surface area (Å²) < 4.78 is 61.3. The molecule has 0 amide bonds. The number of ketones is 1. The van der Waals surface area contributed by atoms with Crippen LogP contribution in [0.5, 0.6) is 5.75 Å². The van der Waals surface area contributed by atoms with Gasteiger partial charge in [-0.1, -0.05) is 28.9 Å². The topological polar surface area (TPSA) is 65.2 Å². The molecule has 152 valence electrons. The maximum absolute atomic E-state index is 14.4. The highest BCUT2D eigenvalue weighted by Gasteiger charge is 2.38. The van der Waals surface area contributed by atoms with Gasteiger partial charge >= 0.3 is 12.1 Å². The molecule has 0 atom stereocenters. The molecule has 0 fully saturated rings. The van der Waals surface area contributed by atoms with Crippen LogP contribution in [0.1, 0.15) is 16.2 Å². The molecule has 3 rings (SSSR count). The molecule has 2 aromatic carbocycles. The predicted molar refractivity (Wildman–Crippen MR) is 97.8 cm³/mol. The average molecular weight is 447 g/mol. The molecule has 0 saturated carbocycles. The van der Waals surface area contributed by atoms with Gasteiger partial charge in [-0.05, 0) is 24.3 Å². The minimum atomic E-state index is -4.81. The van der Waals surface area contributed by atoms with Crippen LogP contribution in [0.3, 0.4) is 0 Å². The molecular formula is C18H11ClF4N2O3S. The molecule has 0 aliphatic heterocycles. The Labute approximate surface area is 171 Å². The van der Waals surface area contributed by atoms with Crippen LogP contribution in [-0.4, -0.2) is 28.8 Å². The van der Waals surface area contributed by atoms with Gasteiger partial charge in [0.15, 0.2) is 5.78 Å². The van der Waals surface area contributed by atoms with E-state index in [1.54, 1.807) is 18.2 Å². The van der Waals surface area contributed by atoms with Crippen LogP contribution in [0.25, 0.3) is 11.4 Å². The highest BCUT2D eigenvalue weighted by molar-refractivity contribution is 8.00. The SMILES string of the molecule is COc1cccc(Cl)c1SCC(=O)c1ccc(-c2noc(C(F)(F)F)n2)cc1F. The molecule has 1 aromatic heterocycles. The van der Waals surface area contributed by atoms with Crippen molar-refractivity contribution in [3.05, 3.63) is 58.7 Å². The maximum atomic E-state index is 14.4. The highest BCUT2D eigenvalue weighted by atomic mass is 35.5. The van der Waals surface area contributed by atoms with Crippen molar-refractivity contribution in [2.75, 3.05) is 12.9 Å². The quantitative estimate of drug-likeness (QED) is 0.282. The summed E-state index contributed by atoms with van der Waals surface area (Å²) in [5.41, 5.74) is -0.287. The first kappa shape index (κ1) is 21.1. The molecule has 11 heteroatoms. The van der Waals surface area contributed by atoms with Crippen molar-refractivity contribution < 1.29 is 31.6 Å². The van der Waals surface area contributed by atoms with Crippen LogP contribution in [0, 0.1) is 5.82 Å². The summed E-state index contributed by atoms with van der Waals surface area (Å²) in [6.07, 6.45) is -4.81. The van der Waals surface area contributed by atoms with Crippen molar-refractivity contribution >= 4 is 29.1 Å². The van der Waals surface area contributed by atoms with E-state index in [2.05, 4.69) is 14.7 Å². The number of methoxy groups -OCH3 is 1. The first-order chi connectivity index (χ1) is 13.7. The molecule has 0 unspecified atom stereocenters. The van der Waals surface area contributed by atoms with Crippen LogP contribution in [-0.2, 0) is 6.18 Å². The fourth-order valence-corrected chi connectivity index (χ4v) is 3.60. The van der Waals surface area contributed by atoms with Gasteiger partial charge in [-0.15, -0.1) is 11.8 Å². The fourth-order valence-electron chi connectivity index (χ4n) is 2.34. The number of hydrogen-bond acceptors (Lipinski definition) is 6. The van der Waals surface area contributed by atoms with Crippen LogP contribution < -0.4 is 4.74 Å². The Morgan fingerprint density at radius 3 is 2.66 bits per heavy atom. The van der Waals surface area contributed by atoms with E-state index in [-0.39, 0.29) is 16.9 Å². The van der Waals surface area contributed by atoms with Gasteiger partial charge < -0.3 is 9.26 Å². The third-order valence-corrected chi connectivity index (χ3v) is 5.24. The van der Waals surface area contributed by atoms with E-state index in [9.17, 15) is 22.4 Å². The number of carbonyl (C=O) groups excluding carboxylic acids is 1. The van der Waals surface area contributed by atoms with Gasteiger partial charge in [0.2, 0.25) is 5.82 Å². The molecular weight excluding hydrogens is 436 g/mol. The number of halogens is 5.